The molecule has 28 heavy (non-hydrogen) atoms. The first-order valence-electron chi connectivity index (χ1n) is 9.54. The highest BCUT2D eigenvalue weighted by atomic mass is 19.1. The van der Waals surface area contributed by atoms with Gasteiger partial charge in [0.2, 0.25) is 5.78 Å². The molecule has 0 bridgehead atoms. The van der Waals surface area contributed by atoms with Gasteiger partial charge in [-0.1, -0.05) is 12.1 Å². The number of nitrogens with zero attached hydrogens (tertiary/aromatic N) is 5. The van der Waals surface area contributed by atoms with E-state index in [0.717, 1.165) is 24.9 Å². The van der Waals surface area contributed by atoms with Crippen LogP contribution in [0, 0.1) is 11.7 Å². The van der Waals surface area contributed by atoms with Gasteiger partial charge in [0.05, 0.1) is 5.69 Å². The summed E-state index contributed by atoms with van der Waals surface area (Å²) >= 11 is 0. The number of carbonyl (C=O) groups excluding carboxylic acids is 1. The van der Waals surface area contributed by atoms with E-state index in [1.165, 1.54) is 6.07 Å². The van der Waals surface area contributed by atoms with Crippen molar-refractivity contribution < 1.29 is 9.18 Å². The SMILES string of the molecule is Cn1cc(CN2CCC[C@@H](C(=O)c3nccn3C)C2)c(-c2ccccc2F)n1. The summed E-state index contributed by atoms with van der Waals surface area (Å²) in [5, 5.41) is 4.48. The lowest BCUT2D eigenvalue weighted by Gasteiger charge is -2.31. The molecular weight excluding hydrogens is 357 g/mol. The number of imidazole rings is 1. The molecule has 1 saturated heterocycles. The van der Waals surface area contributed by atoms with Gasteiger partial charge in [-0.25, -0.2) is 9.37 Å². The summed E-state index contributed by atoms with van der Waals surface area (Å²) in [5.41, 5.74) is 2.14. The number of rotatable bonds is 5. The Bertz CT molecular complexity index is 992. The van der Waals surface area contributed by atoms with Gasteiger partial charge in [0.1, 0.15) is 5.82 Å². The Morgan fingerprint density at radius 3 is 2.86 bits per heavy atom. The minimum atomic E-state index is -0.274. The average Bonchev–Trinajstić information content (AvgIpc) is 3.27. The first kappa shape index (κ1) is 18.6. The molecule has 0 N–H and O–H groups in total. The summed E-state index contributed by atoms with van der Waals surface area (Å²) in [5.74, 6) is 0.269. The van der Waals surface area contributed by atoms with Crippen LogP contribution in [0.1, 0.15) is 29.0 Å². The minimum Gasteiger partial charge on any atom is -0.332 e. The fourth-order valence-electron chi connectivity index (χ4n) is 3.97. The number of carbonyl (C=O) groups is 1. The second-order valence-electron chi connectivity index (χ2n) is 7.46. The number of aryl methyl sites for hydroxylation is 2. The van der Waals surface area contributed by atoms with Crippen molar-refractivity contribution in [2.45, 2.75) is 19.4 Å². The van der Waals surface area contributed by atoms with Gasteiger partial charge in [0.25, 0.3) is 0 Å². The molecule has 0 unspecified atom stereocenters. The maximum absolute atomic E-state index is 14.3. The van der Waals surface area contributed by atoms with Gasteiger partial charge in [-0.05, 0) is 31.5 Å². The Morgan fingerprint density at radius 2 is 2.11 bits per heavy atom. The summed E-state index contributed by atoms with van der Waals surface area (Å²) in [7, 11) is 3.69. The summed E-state index contributed by atoms with van der Waals surface area (Å²) in [6, 6.07) is 6.71. The normalized spacial score (nSPS) is 17.8. The van der Waals surface area contributed by atoms with E-state index in [1.807, 2.05) is 26.4 Å². The molecule has 1 atom stereocenters. The molecule has 4 rings (SSSR count). The number of hydrogen-bond donors (Lipinski definition) is 0. The molecule has 1 aliphatic rings. The predicted molar refractivity (Wildman–Crippen MR) is 104 cm³/mol. The fourth-order valence-corrected chi connectivity index (χ4v) is 3.97. The van der Waals surface area contributed by atoms with Gasteiger partial charge in [-0.3, -0.25) is 14.4 Å². The first-order chi connectivity index (χ1) is 13.5. The molecule has 0 radical (unpaired) electrons. The summed E-state index contributed by atoms with van der Waals surface area (Å²) in [6.07, 6.45) is 7.21. The van der Waals surface area contributed by atoms with Crippen LogP contribution in [0.4, 0.5) is 4.39 Å². The molecule has 3 heterocycles. The van der Waals surface area contributed by atoms with Gasteiger partial charge in [0, 0.05) is 62.8 Å². The van der Waals surface area contributed by atoms with Crippen molar-refractivity contribution in [1.82, 2.24) is 24.2 Å². The zero-order valence-electron chi connectivity index (χ0n) is 16.2. The number of Topliss-reactive ketones (excluding diaryl/α,β-unsaturated/α-hetero) is 1. The molecule has 0 spiro atoms. The topological polar surface area (TPSA) is 56.0 Å². The van der Waals surface area contributed by atoms with E-state index in [9.17, 15) is 9.18 Å². The molecule has 3 aromatic rings. The van der Waals surface area contributed by atoms with Crippen molar-refractivity contribution in [2.75, 3.05) is 13.1 Å². The Kier molecular flexibility index (Phi) is 5.09. The third-order valence-corrected chi connectivity index (χ3v) is 5.35. The van der Waals surface area contributed by atoms with Crippen molar-refractivity contribution in [2.24, 2.45) is 20.0 Å². The predicted octanol–water partition coefficient (Wildman–Crippen LogP) is 3.05. The maximum atomic E-state index is 14.3. The van der Waals surface area contributed by atoms with Gasteiger partial charge in [-0.2, -0.15) is 5.10 Å². The molecule has 0 amide bonds. The molecule has 146 valence electrons. The quantitative estimate of drug-likeness (QED) is 0.638. The summed E-state index contributed by atoms with van der Waals surface area (Å²) in [6.45, 7) is 2.23. The van der Waals surface area contributed by atoms with Crippen LogP contribution in [0.5, 0.6) is 0 Å². The summed E-state index contributed by atoms with van der Waals surface area (Å²) in [4.78, 5) is 19.3. The Hall–Kier alpha value is -2.80. The fraction of sp³-hybridized carbons (Fsp3) is 0.381. The van der Waals surface area contributed by atoms with E-state index in [4.69, 9.17) is 0 Å². The van der Waals surface area contributed by atoms with Crippen LogP contribution in [0.2, 0.25) is 0 Å². The molecule has 0 saturated carbocycles. The third-order valence-electron chi connectivity index (χ3n) is 5.35. The molecule has 2 aromatic heterocycles. The van der Waals surface area contributed by atoms with Crippen LogP contribution in [-0.2, 0) is 20.6 Å². The highest BCUT2D eigenvalue weighted by Crippen LogP contribution is 2.28. The van der Waals surface area contributed by atoms with E-state index in [-0.39, 0.29) is 17.5 Å². The van der Waals surface area contributed by atoms with E-state index in [2.05, 4.69) is 15.0 Å². The van der Waals surface area contributed by atoms with Crippen molar-refractivity contribution in [3.63, 3.8) is 0 Å². The van der Waals surface area contributed by atoms with E-state index in [0.29, 0.717) is 30.2 Å². The zero-order valence-corrected chi connectivity index (χ0v) is 16.2. The molecule has 0 aliphatic carbocycles. The number of likely N-dealkylation sites (tertiary alicyclic amines) is 1. The zero-order chi connectivity index (χ0) is 19.7. The van der Waals surface area contributed by atoms with Crippen molar-refractivity contribution in [1.29, 1.82) is 0 Å². The molecule has 7 heteroatoms. The van der Waals surface area contributed by atoms with Crippen LogP contribution in [-0.4, -0.2) is 43.1 Å². The summed E-state index contributed by atoms with van der Waals surface area (Å²) < 4.78 is 17.8. The highest BCUT2D eigenvalue weighted by Gasteiger charge is 2.29. The number of benzene rings is 1. The number of halogens is 1. The van der Waals surface area contributed by atoms with E-state index in [1.54, 1.807) is 33.8 Å². The maximum Gasteiger partial charge on any atom is 0.202 e. The van der Waals surface area contributed by atoms with Crippen molar-refractivity contribution >= 4 is 5.78 Å². The Morgan fingerprint density at radius 1 is 1.29 bits per heavy atom. The van der Waals surface area contributed by atoms with Gasteiger partial charge < -0.3 is 4.57 Å². The number of aromatic nitrogens is 4. The van der Waals surface area contributed by atoms with Crippen molar-refractivity contribution in [3.05, 3.63) is 60.1 Å². The largest absolute Gasteiger partial charge is 0.332 e. The standard InChI is InChI=1S/C21H24FN5O/c1-25-11-9-23-21(25)20(28)15-6-5-10-27(13-15)14-16-12-26(2)24-19(16)17-7-3-4-8-18(17)22/h3-4,7-9,11-12,15H,5-6,10,13-14H2,1-2H3/t15-/m1/s1. The van der Waals surface area contributed by atoms with E-state index < -0.39 is 0 Å². The van der Waals surface area contributed by atoms with Crippen LogP contribution in [0.25, 0.3) is 11.3 Å². The third kappa shape index (κ3) is 3.62. The second-order valence-corrected chi connectivity index (χ2v) is 7.46. The lowest BCUT2D eigenvalue weighted by atomic mass is 9.93. The molecule has 6 nitrogen and oxygen atoms in total. The lowest BCUT2D eigenvalue weighted by molar-refractivity contribution is 0.0798. The molecule has 1 fully saturated rings. The number of hydrogen-bond acceptors (Lipinski definition) is 4. The van der Waals surface area contributed by atoms with Crippen LogP contribution >= 0.6 is 0 Å². The monoisotopic (exact) mass is 381 g/mol. The van der Waals surface area contributed by atoms with Crippen LogP contribution in [0.3, 0.4) is 0 Å². The molecule has 1 aliphatic heterocycles. The lowest BCUT2D eigenvalue weighted by Crippen LogP contribution is -2.38. The minimum absolute atomic E-state index is 0.0663. The smallest absolute Gasteiger partial charge is 0.202 e. The van der Waals surface area contributed by atoms with Gasteiger partial charge in [0.15, 0.2) is 5.82 Å². The molecular formula is C21H24FN5O. The highest BCUT2D eigenvalue weighted by molar-refractivity contribution is 5.95. The average molecular weight is 381 g/mol. The number of piperidine rings is 1. The second kappa shape index (κ2) is 7.67. The van der Waals surface area contributed by atoms with Gasteiger partial charge >= 0.3 is 0 Å². The van der Waals surface area contributed by atoms with Gasteiger partial charge in [-0.15, -0.1) is 0 Å². The van der Waals surface area contributed by atoms with Crippen molar-refractivity contribution in [3.8, 4) is 11.3 Å². The Balaban J connectivity index is 1.53. The van der Waals surface area contributed by atoms with Crippen LogP contribution in [0.15, 0.2) is 42.9 Å². The van der Waals surface area contributed by atoms with Crippen LogP contribution < -0.4 is 0 Å². The Labute approximate surface area is 163 Å². The number of ketones is 1. The first-order valence-corrected chi connectivity index (χ1v) is 9.54. The molecule has 1 aromatic carbocycles. The van der Waals surface area contributed by atoms with E-state index >= 15 is 0 Å².